The van der Waals surface area contributed by atoms with Gasteiger partial charge in [0.1, 0.15) is 5.69 Å². The first-order chi connectivity index (χ1) is 4.50. The maximum Gasteiger partial charge on any atom is 0.288 e. The van der Waals surface area contributed by atoms with E-state index in [1.165, 1.54) is 16.9 Å². The van der Waals surface area contributed by atoms with Crippen molar-refractivity contribution in [2.24, 2.45) is 7.05 Å². The molecule has 0 aliphatic carbocycles. The summed E-state index contributed by atoms with van der Waals surface area (Å²) < 4.78 is 26.1. The van der Waals surface area contributed by atoms with Crippen molar-refractivity contribution in [3.8, 4) is 0 Å². The molecule has 1 heterocycles. The Morgan fingerprint density at radius 1 is 1.60 bits per heavy atom. The average molecular weight is 146 g/mol. The summed E-state index contributed by atoms with van der Waals surface area (Å²) >= 11 is 0. The Bertz CT molecular complexity index is 224. The molecule has 0 saturated carbocycles. The van der Waals surface area contributed by atoms with Crippen LogP contribution in [0.15, 0.2) is 12.3 Å². The lowest BCUT2D eigenvalue weighted by Gasteiger charge is -2.03. The summed E-state index contributed by atoms with van der Waals surface area (Å²) in [7, 11) is 1.61. The molecular weight excluding hydrogens is 138 g/mol. The molecule has 0 radical (unpaired) electrons. The molecule has 0 fully saturated rings. The summed E-state index contributed by atoms with van der Waals surface area (Å²) in [4.78, 5) is 0. The largest absolute Gasteiger partial charge is 0.288 e. The van der Waals surface area contributed by atoms with Gasteiger partial charge in [-0.1, -0.05) is 0 Å². The standard InChI is InChI=1S/C6H8F2N2/c1-6(7,8)5-3-4-10(2)9-5/h3-4H,1-2H3. The van der Waals surface area contributed by atoms with Gasteiger partial charge < -0.3 is 0 Å². The highest BCUT2D eigenvalue weighted by Gasteiger charge is 2.26. The quantitative estimate of drug-likeness (QED) is 0.587. The van der Waals surface area contributed by atoms with Gasteiger partial charge in [0, 0.05) is 20.2 Å². The van der Waals surface area contributed by atoms with Crippen molar-refractivity contribution in [2.45, 2.75) is 12.8 Å². The van der Waals surface area contributed by atoms with Crippen LogP contribution in [-0.2, 0) is 13.0 Å². The lowest BCUT2D eigenvalue weighted by molar-refractivity contribution is 0.0122. The highest BCUT2D eigenvalue weighted by Crippen LogP contribution is 2.24. The van der Waals surface area contributed by atoms with Crippen LogP contribution in [-0.4, -0.2) is 9.78 Å². The minimum absolute atomic E-state index is 0.185. The van der Waals surface area contributed by atoms with Crippen LogP contribution >= 0.6 is 0 Å². The Morgan fingerprint density at radius 2 is 2.20 bits per heavy atom. The van der Waals surface area contributed by atoms with Gasteiger partial charge in [0.15, 0.2) is 0 Å². The molecule has 0 aliphatic rings. The summed E-state index contributed by atoms with van der Waals surface area (Å²) in [5.41, 5.74) is -0.185. The van der Waals surface area contributed by atoms with Gasteiger partial charge >= 0.3 is 0 Å². The lowest BCUT2D eigenvalue weighted by Crippen LogP contribution is -2.08. The molecule has 0 aromatic carbocycles. The zero-order valence-corrected chi connectivity index (χ0v) is 5.81. The van der Waals surface area contributed by atoms with Gasteiger partial charge in [0.2, 0.25) is 0 Å². The molecule has 1 aromatic heterocycles. The van der Waals surface area contributed by atoms with Crippen molar-refractivity contribution < 1.29 is 8.78 Å². The van der Waals surface area contributed by atoms with Crippen LogP contribution in [0.5, 0.6) is 0 Å². The fraction of sp³-hybridized carbons (Fsp3) is 0.500. The number of hydrogen-bond acceptors (Lipinski definition) is 1. The zero-order chi connectivity index (χ0) is 7.78. The monoisotopic (exact) mass is 146 g/mol. The van der Waals surface area contributed by atoms with Crippen molar-refractivity contribution >= 4 is 0 Å². The molecule has 0 bridgehead atoms. The van der Waals surface area contributed by atoms with Gasteiger partial charge in [0.25, 0.3) is 5.92 Å². The van der Waals surface area contributed by atoms with E-state index in [9.17, 15) is 8.78 Å². The summed E-state index contributed by atoms with van der Waals surface area (Å²) in [6.45, 7) is 0.829. The van der Waals surface area contributed by atoms with E-state index in [2.05, 4.69) is 5.10 Å². The fourth-order valence-electron chi connectivity index (χ4n) is 0.649. The fourth-order valence-corrected chi connectivity index (χ4v) is 0.649. The molecule has 0 saturated heterocycles. The second kappa shape index (κ2) is 2.04. The maximum atomic E-state index is 12.4. The summed E-state index contributed by atoms with van der Waals surface area (Å²) in [6.07, 6.45) is 1.49. The number of alkyl halides is 2. The number of aromatic nitrogens is 2. The Labute approximate surface area is 57.5 Å². The first-order valence-electron chi connectivity index (χ1n) is 2.88. The van der Waals surface area contributed by atoms with Crippen LogP contribution in [0.3, 0.4) is 0 Å². The lowest BCUT2D eigenvalue weighted by atomic mass is 10.3. The molecule has 0 unspecified atom stereocenters. The van der Waals surface area contributed by atoms with Crippen molar-refractivity contribution in [3.05, 3.63) is 18.0 Å². The molecule has 0 amide bonds. The van der Waals surface area contributed by atoms with E-state index in [-0.39, 0.29) is 5.69 Å². The van der Waals surface area contributed by atoms with Gasteiger partial charge in [-0.25, -0.2) is 0 Å². The van der Waals surface area contributed by atoms with E-state index in [0.29, 0.717) is 0 Å². The van der Waals surface area contributed by atoms with Crippen LogP contribution in [0, 0.1) is 0 Å². The second-order valence-corrected chi connectivity index (χ2v) is 2.26. The zero-order valence-electron chi connectivity index (χ0n) is 5.81. The number of nitrogens with zero attached hydrogens (tertiary/aromatic N) is 2. The highest BCUT2D eigenvalue weighted by atomic mass is 19.3. The summed E-state index contributed by atoms with van der Waals surface area (Å²) in [5, 5.41) is 3.55. The molecule has 2 nitrogen and oxygen atoms in total. The van der Waals surface area contributed by atoms with Gasteiger partial charge in [-0.15, -0.1) is 0 Å². The average Bonchev–Trinajstić information content (AvgIpc) is 2.11. The molecule has 0 aliphatic heterocycles. The van der Waals surface area contributed by atoms with E-state index >= 15 is 0 Å². The van der Waals surface area contributed by atoms with Crippen LogP contribution in [0.1, 0.15) is 12.6 Å². The smallest absolute Gasteiger partial charge is 0.275 e. The van der Waals surface area contributed by atoms with Crippen LogP contribution in [0.4, 0.5) is 8.78 Å². The molecule has 0 N–H and O–H groups in total. The van der Waals surface area contributed by atoms with Crippen LogP contribution < -0.4 is 0 Å². The first kappa shape index (κ1) is 7.18. The van der Waals surface area contributed by atoms with Gasteiger partial charge in [-0.3, -0.25) is 4.68 Å². The highest BCUT2D eigenvalue weighted by molar-refractivity contribution is 5.04. The third-order valence-corrected chi connectivity index (χ3v) is 1.16. The van der Waals surface area contributed by atoms with Crippen LogP contribution in [0.25, 0.3) is 0 Å². The molecule has 56 valence electrons. The molecule has 4 heteroatoms. The number of halogens is 2. The molecule has 1 rings (SSSR count). The van der Waals surface area contributed by atoms with E-state index in [0.717, 1.165) is 6.92 Å². The van der Waals surface area contributed by atoms with Gasteiger partial charge in [0.05, 0.1) is 0 Å². The molecule has 0 atom stereocenters. The summed E-state index contributed by atoms with van der Waals surface area (Å²) in [6, 6.07) is 1.31. The minimum Gasteiger partial charge on any atom is -0.275 e. The van der Waals surface area contributed by atoms with Crippen molar-refractivity contribution in [3.63, 3.8) is 0 Å². The predicted molar refractivity (Wildman–Crippen MR) is 32.8 cm³/mol. The third kappa shape index (κ3) is 1.32. The minimum atomic E-state index is -2.82. The summed E-state index contributed by atoms with van der Waals surface area (Å²) in [5.74, 6) is -2.82. The Kier molecular flexibility index (Phi) is 1.46. The Morgan fingerprint density at radius 3 is 2.40 bits per heavy atom. The van der Waals surface area contributed by atoms with E-state index in [4.69, 9.17) is 0 Å². The molecule has 10 heavy (non-hydrogen) atoms. The van der Waals surface area contributed by atoms with E-state index in [1.807, 2.05) is 0 Å². The van der Waals surface area contributed by atoms with Gasteiger partial charge in [-0.2, -0.15) is 13.9 Å². The van der Waals surface area contributed by atoms with Crippen molar-refractivity contribution in [1.29, 1.82) is 0 Å². The van der Waals surface area contributed by atoms with Crippen LogP contribution in [0.2, 0.25) is 0 Å². The Balaban J connectivity index is 2.96. The topological polar surface area (TPSA) is 17.8 Å². The second-order valence-electron chi connectivity index (χ2n) is 2.26. The first-order valence-corrected chi connectivity index (χ1v) is 2.88. The number of rotatable bonds is 1. The van der Waals surface area contributed by atoms with E-state index < -0.39 is 5.92 Å². The van der Waals surface area contributed by atoms with Crippen molar-refractivity contribution in [2.75, 3.05) is 0 Å². The number of hydrogen-bond donors (Lipinski definition) is 0. The normalized spacial score (nSPS) is 12.0. The number of aryl methyl sites for hydroxylation is 1. The third-order valence-electron chi connectivity index (χ3n) is 1.16. The predicted octanol–water partition coefficient (Wildman–Crippen LogP) is 1.53. The Hall–Kier alpha value is -0.930. The van der Waals surface area contributed by atoms with Gasteiger partial charge in [-0.05, 0) is 6.07 Å². The van der Waals surface area contributed by atoms with E-state index in [1.54, 1.807) is 7.05 Å². The van der Waals surface area contributed by atoms with Crippen molar-refractivity contribution in [1.82, 2.24) is 9.78 Å². The maximum absolute atomic E-state index is 12.4. The molecular formula is C6H8F2N2. The SMILES string of the molecule is Cn1ccc(C(C)(F)F)n1. The molecule has 1 aromatic rings. The molecule has 0 spiro atoms.